The lowest BCUT2D eigenvalue weighted by atomic mass is 9.72. The predicted molar refractivity (Wildman–Crippen MR) is 48.0 cm³/mol. The van der Waals surface area contributed by atoms with Crippen LogP contribution in [0.1, 0.15) is 33.6 Å². The van der Waals surface area contributed by atoms with Gasteiger partial charge in [0, 0.05) is 11.8 Å². The zero-order valence-corrected chi connectivity index (χ0v) is 8.22. The number of rotatable bonds is 4. The van der Waals surface area contributed by atoms with Crippen molar-refractivity contribution in [1.82, 2.24) is 0 Å². The van der Waals surface area contributed by atoms with Crippen LogP contribution in [0.4, 0.5) is 0 Å². The Morgan fingerprint density at radius 3 is 2.33 bits per heavy atom. The van der Waals surface area contributed by atoms with Gasteiger partial charge in [0.1, 0.15) is 5.78 Å². The molecule has 0 aromatic heterocycles. The van der Waals surface area contributed by atoms with E-state index >= 15 is 0 Å². The summed E-state index contributed by atoms with van der Waals surface area (Å²) in [5.41, 5.74) is 0.311. The Balaban J connectivity index is 2.40. The Bertz CT molecular complexity index is 169. The number of carbonyl (C=O) groups excluding carboxylic acids is 1. The average Bonchev–Trinajstić information content (AvgIpc) is 1.83. The standard InChI is InChI=1S/C10H18O2/c1-8(2)10(6-12-7-10)5-4-9(3)11/h8H,4-7H2,1-3H3. The second kappa shape index (κ2) is 3.56. The minimum atomic E-state index is 0.293. The lowest BCUT2D eigenvalue weighted by Crippen LogP contribution is -2.46. The van der Waals surface area contributed by atoms with E-state index in [9.17, 15) is 4.79 Å². The first-order chi connectivity index (χ1) is 5.57. The van der Waals surface area contributed by atoms with Crippen molar-refractivity contribution in [1.29, 1.82) is 0 Å². The van der Waals surface area contributed by atoms with Gasteiger partial charge >= 0.3 is 0 Å². The van der Waals surface area contributed by atoms with E-state index in [1.54, 1.807) is 6.92 Å². The lowest BCUT2D eigenvalue weighted by Gasteiger charge is -2.45. The summed E-state index contributed by atoms with van der Waals surface area (Å²) in [7, 11) is 0. The van der Waals surface area contributed by atoms with E-state index in [1.807, 2.05) is 0 Å². The smallest absolute Gasteiger partial charge is 0.129 e. The van der Waals surface area contributed by atoms with Crippen LogP contribution < -0.4 is 0 Å². The van der Waals surface area contributed by atoms with Gasteiger partial charge in [-0.25, -0.2) is 0 Å². The monoisotopic (exact) mass is 170 g/mol. The topological polar surface area (TPSA) is 26.3 Å². The fourth-order valence-electron chi connectivity index (χ4n) is 1.56. The molecule has 2 nitrogen and oxygen atoms in total. The number of carbonyl (C=O) groups is 1. The van der Waals surface area contributed by atoms with Crippen molar-refractivity contribution in [2.24, 2.45) is 11.3 Å². The van der Waals surface area contributed by atoms with Gasteiger partial charge in [-0.1, -0.05) is 13.8 Å². The minimum absolute atomic E-state index is 0.293. The van der Waals surface area contributed by atoms with Crippen LogP contribution in [0.25, 0.3) is 0 Å². The molecule has 0 spiro atoms. The summed E-state index contributed by atoms with van der Waals surface area (Å²) in [5.74, 6) is 0.924. The molecule has 70 valence electrons. The van der Waals surface area contributed by atoms with Gasteiger partial charge in [-0.15, -0.1) is 0 Å². The van der Waals surface area contributed by atoms with Crippen LogP contribution in [0, 0.1) is 11.3 Å². The summed E-state index contributed by atoms with van der Waals surface area (Å²) in [5, 5.41) is 0. The van der Waals surface area contributed by atoms with Crippen LogP contribution in [0.3, 0.4) is 0 Å². The molecule has 1 rings (SSSR count). The predicted octanol–water partition coefficient (Wildman–Crippen LogP) is 2.03. The van der Waals surface area contributed by atoms with E-state index < -0.39 is 0 Å². The van der Waals surface area contributed by atoms with E-state index in [4.69, 9.17) is 4.74 Å². The molecule has 0 aliphatic carbocycles. The molecule has 1 aliphatic rings. The van der Waals surface area contributed by atoms with Gasteiger partial charge in [-0.3, -0.25) is 0 Å². The van der Waals surface area contributed by atoms with E-state index in [0.717, 1.165) is 19.6 Å². The second-order valence-electron chi connectivity index (χ2n) is 4.21. The summed E-state index contributed by atoms with van der Waals surface area (Å²) in [4.78, 5) is 10.8. The molecule has 1 aliphatic heterocycles. The van der Waals surface area contributed by atoms with E-state index in [2.05, 4.69) is 13.8 Å². The fraction of sp³-hybridized carbons (Fsp3) is 0.900. The fourth-order valence-corrected chi connectivity index (χ4v) is 1.56. The highest BCUT2D eigenvalue weighted by Gasteiger charge is 2.40. The SMILES string of the molecule is CC(=O)CCC1(C(C)C)COC1. The molecule has 1 fully saturated rings. The van der Waals surface area contributed by atoms with Crippen molar-refractivity contribution in [2.75, 3.05) is 13.2 Å². The quantitative estimate of drug-likeness (QED) is 0.645. The van der Waals surface area contributed by atoms with Crippen LogP contribution in [-0.4, -0.2) is 19.0 Å². The van der Waals surface area contributed by atoms with Crippen molar-refractivity contribution in [3.05, 3.63) is 0 Å². The van der Waals surface area contributed by atoms with E-state index in [0.29, 0.717) is 23.5 Å². The van der Waals surface area contributed by atoms with Crippen LogP contribution in [0.5, 0.6) is 0 Å². The molecule has 0 aromatic carbocycles. The number of ether oxygens (including phenoxy) is 1. The lowest BCUT2D eigenvalue weighted by molar-refractivity contribution is -0.147. The van der Waals surface area contributed by atoms with Gasteiger partial charge in [0.2, 0.25) is 0 Å². The van der Waals surface area contributed by atoms with Crippen LogP contribution >= 0.6 is 0 Å². The number of hydrogen-bond donors (Lipinski definition) is 0. The Kier molecular flexibility index (Phi) is 2.89. The highest BCUT2D eigenvalue weighted by molar-refractivity contribution is 5.75. The normalized spacial score (nSPS) is 20.7. The zero-order valence-electron chi connectivity index (χ0n) is 8.22. The molecule has 0 bridgehead atoms. The van der Waals surface area contributed by atoms with Gasteiger partial charge in [-0.2, -0.15) is 0 Å². The molecule has 0 radical (unpaired) electrons. The van der Waals surface area contributed by atoms with Crippen LogP contribution in [0.15, 0.2) is 0 Å². The van der Waals surface area contributed by atoms with E-state index in [-0.39, 0.29) is 0 Å². The van der Waals surface area contributed by atoms with Crippen molar-refractivity contribution in [3.63, 3.8) is 0 Å². The molecule has 0 amide bonds. The molecule has 12 heavy (non-hydrogen) atoms. The Morgan fingerprint density at radius 2 is 2.08 bits per heavy atom. The summed E-state index contributed by atoms with van der Waals surface area (Å²) in [6.07, 6.45) is 1.71. The van der Waals surface area contributed by atoms with Gasteiger partial charge in [0.05, 0.1) is 13.2 Å². The highest BCUT2D eigenvalue weighted by Crippen LogP contribution is 2.39. The van der Waals surface area contributed by atoms with Crippen molar-refractivity contribution >= 4 is 5.78 Å². The van der Waals surface area contributed by atoms with Crippen LogP contribution in [-0.2, 0) is 9.53 Å². The maximum Gasteiger partial charge on any atom is 0.129 e. The molecule has 0 saturated carbocycles. The van der Waals surface area contributed by atoms with Crippen molar-refractivity contribution in [2.45, 2.75) is 33.6 Å². The molecule has 2 heteroatoms. The van der Waals surface area contributed by atoms with E-state index in [1.165, 1.54) is 0 Å². The molecular formula is C10H18O2. The molecule has 1 heterocycles. The third-order valence-electron chi connectivity index (χ3n) is 2.98. The van der Waals surface area contributed by atoms with Crippen molar-refractivity contribution in [3.8, 4) is 0 Å². The third-order valence-corrected chi connectivity index (χ3v) is 2.98. The maximum absolute atomic E-state index is 10.8. The molecule has 0 unspecified atom stereocenters. The van der Waals surface area contributed by atoms with Gasteiger partial charge < -0.3 is 9.53 Å². The summed E-state index contributed by atoms with van der Waals surface area (Å²) in [6.45, 7) is 7.77. The molecular weight excluding hydrogens is 152 g/mol. The van der Waals surface area contributed by atoms with Crippen LogP contribution in [0.2, 0.25) is 0 Å². The summed E-state index contributed by atoms with van der Waals surface area (Å²) >= 11 is 0. The summed E-state index contributed by atoms with van der Waals surface area (Å²) in [6, 6.07) is 0. The largest absolute Gasteiger partial charge is 0.380 e. The zero-order chi connectivity index (χ0) is 9.19. The number of ketones is 1. The first-order valence-electron chi connectivity index (χ1n) is 4.64. The average molecular weight is 170 g/mol. The number of Topliss-reactive ketones (excluding diaryl/α,β-unsaturated/α-hetero) is 1. The Labute approximate surface area is 74.3 Å². The van der Waals surface area contributed by atoms with Gasteiger partial charge in [0.15, 0.2) is 0 Å². The maximum atomic E-state index is 10.8. The first kappa shape index (κ1) is 9.72. The van der Waals surface area contributed by atoms with Gasteiger partial charge in [-0.05, 0) is 19.3 Å². The van der Waals surface area contributed by atoms with Crippen molar-refractivity contribution < 1.29 is 9.53 Å². The molecule has 0 aromatic rings. The minimum Gasteiger partial charge on any atom is -0.380 e. The highest BCUT2D eigenvalue weighted by atomic mass is 16.5. The molecule has 0 N–H and O–H groups in total. The first-order valence-corrected chi connectivity index (χ1v) is 4.64. The molecule has 0 atom stereocenters. The Hall–Kier alpha value is -0.370. The second-order valence-corrected chi connectivity index (χ2v) is 4.21. The molecule has 1 saturated heterocycles. The summed E-state index contributed by atoms with van der Waals surface area (Å²) < 4.78 is 5.22. The third kappa shape index (κ3) is 1.86. The Morgan fingerprint density at radius 1 is 1.50 bits per heavy atom. The number of hydrogen-bond acceptors (Lipinski definition) is 2. The van der Waals surface area contributed by atoms with Gasteiger partial charge in [0.25, 0.3) is 0 Å².